The highest BCUT2D eigenvalue weighted by atomic mass is 32.2. The fraction of sp³-hybridized carbons (Fsp3) is 0.364. The molecule has 0 N–H and O–H groups in total. The number of carbonyl (C=O) groups excluding carboxylic acids is 2. The van der Waals surface area contributed by atoms with Crippen molar-refractivity contribution in [2.24, 2.45) is 0 Å². The second kappa shape index (κ2) is 8.78. The highest BCUT2D eigenvalue weighted by Gasteiger charge is 2.26. The van der Waals surface area contributed by atoms with E-state index in [1.165, 1.54) is 6.07 Å². The Morgan fingerprint density at radius 2 is 1.79 bits per heavy atom. The highest BCUT2D eigenvalue weighted by molar-refractivity contribution is 7.91. The molecule has 0 radical (unpaired) electrons. The first-order chi connectivity index (χ1) is 13.9. The van der Waals surface area contributed by atoms with Gasteiger partial charge in [0.25, 0.3) is 0 Å². The van der Waals surface area contributed by atoms with Crippen LogP contribution in [0.15, 0.2) is 53.4 Å². The number of nitrogens with zero attached hydrogens (tertiary/aromatic N) is 2. The van der Waals surface area contributed by atoms with Gasteiger partial charge in [-0.1, -0.05) is 25.1 Å². The molecule has 0 fully saturated rings. The molecule has 2 aromatic carbocycles. The number of sulfone groups is 1. The molecule has 2 amide bonds. The van der Waals surface area contributed by atoms with Crippen molar-refractivity contribution in [1.29, 1.82) is 0 Å². The lowest BCUT2D eigenvalue weighted by molar-refractivity contribution is -0.119. The largest absolute Gasteiger partial charge is 0.313 e. The molecule has 0 saturated carbocycles. The van der Waals surface area contributed by atoms with Crippen LogP contribution in [0.25, 0.3) is 0 Å². The highest BCUT2D eigenvalue weighted by Crippen LogP contribution is 2.31. The molecule has 1 heterocycles. The van der Waals surface area contributed by atoms with Crippen molar-refractivity contribution in [2.45, 2.75) is 38.0 Å². The predicted octanol–water partition coefficient (Wildman–Crippen LogP) is 3.20. The van der Waals surface area contributed by atoms with E-state index in [4.69, 9.17) is 0 Å². The molecule has 29 heavy (non-hydrogen) atoms. The topological polar surface area (TPSA) is 74.8 Å². The van der Waals surface area contributed by atoms with Crippen molar-refractivity contribution < 1.29 is 18.0 Å². The maximum absolute atomic E-state index is 12.8. The number of hydrogen-bond acceptors (Lipinski definition) is 4. The molecule has 0 saturated heterocycles. The summed E-state index contributed by atoms with van der Waals surface area (Å²) in [7, 11) is -3.60. The summed E-state index contributed by atoms with van der Waals surface area (Å²) >= 11 is 0. The number of fused-ring (bicyclic) bond motifs is 1. The second-order valence-electron chi connectivity index (χ2n) is 6.98. The van der Waals surface area contributed by atoms with Gasteiger partial charge in [-0.25, -0.2) is 8.42 Å². The standard InChI is InChI=1S/C22H26N2O4S/c1-3-21(25)24-14-12-17-16-19(10-11-20(17)24)29(27,28)15-13-22(26)23(4-2)18-8-6-5-7-9-18/h5-11,16H,3-4,12-15H2,1-2H3. The Balaban J connectivity index is 1.72. The quantitative estimate of drug-likeness (QED) is 0.697. The number of amides is 2. The van der Waals surface area contributed by atoms with Crippen LogP contribution in [0, 0.1) is 0 Å². The van der Waals surface area contributed by atoms with Crippen LogP contribution in [0.3, 0.4) is 0 Å². The number of anilines is 2. The normalized spacial score (nSPS) is 13.2. The van der Waals surface area contributed by atoms with Crippen LogP contribution in [0.4, 0.5) is 11.4 Å². The van der Waals surface area contributed by atoms with Gasteiger partial charge in [-0.05, 0) is 49.2 Å². The third-order valence-electron chi connectivity index (χ3n) is 5.18. The Morgan fingerprint density at radius 1 is 1.07 bits per heavy atom. The van der Waals surface area contributed by atoms with E-state index < -0.39 is 9.84 Å². The van der Waals surface area contributed by atoms with Gasteiger partial charge >= 0.3 is 0 Å². The van der Waals surface area contributed by atoms with Crippen molar-refractivity contribution in [3.05, 3.63) is 54.1 Å². The molecule has 0 aliphatic carbocycles. The summed E-state index contributed by atoms with van der Waals surface area (Å²) in [6.07, 6.45) is 0.973. The Labute approximate surface area is 172 Å². The molecule has 0 bridgehead atoms. The van der Waals surface area contributed by atoms with Gasteiger partial charge in [0, 0.05) is 37.3 Å². The van der Waals surface area contributed by atoms with Gasteiger partial charge in [-0.15, -0.1) is 0 Å². The minimum Gasteiger partial charge on any atom is -0.313 e. The molecule has 0 aromatic heterocycles. The minimum atomic E-state index is -3.60. The lowest BCUT2D eigenvalue weighted by Crippen LogP contribution is -2.32. The van der Waals surface area contributed by atoms with Crippen LogP contribution in [0.2, 0.25) is 0 Å². The molecule has 1 aliphatic heterocycles. The second-order valence-corrected chi connectivity index (χ2v) is 9.09. The summed E-state index contributed by atoms with van der Waals surface area (Å²) in [5, 5.41) is 0. The lowest BCUT2D eigenvalue weighted by Gasteiger charge is -2.21. The van der Waals surface area contributed by atoms with Crippen molar-refractivity contribution in [3.63, 3.8) is 0 Å². The minimum absolute atomic E-state index is 0.0329. The van der Waals surface area contributed by atoms with Crippen LogP contribution < -0.4 is 9.80 Å². The van der Waals surface area contributed by atoms with E-state index in [0.29, 0.717) is 25.9 Å². The first-order valence-corrected chi connectivity index (χ1v) is 11.5. The molecule has 154 valence electrons. The van der Waals surface area contributed by atoms with E-state index in [2.05, 4.69) is 0 Å². The van der Waals surface area contributed by atoms with Gasteiger partial charge in [0.1, 0.15) is 0 Å². The Bertz CT molecular complexity index is 1000. The monoisotopic (exact) mass is 414 g/mol. The van der Waals surface area contributed by atoms with Crippen LogP contribution >= 0.6 is 0 Å². The van der Waals surface area contributed by atoms with Gasteiger partial charge in [0.05, 0.1) is 10.6 Å². The summed E-state index contributed by atoms with van der Waals surface area (Å²) < 4.78 is 25.6. The predicted molar refractivity (Wildman–Crippen MR) is 114 cm³/mol. The van der Waals surface area contributed by atoms with E-state index in [0.717, 1.165) is 16.9 Å². The van der Waals surface area contributed by atoms with E-state index in [1.807, 2.05) is 44.2 Å². The summed E-state index contributed by atoms with van der Waals surface area (Å²) in [6.45, 7) is 4.73. The van der Waals surface area contributed by atoms with E-state index in [1.54, 1.807) is 21.9 Å². The third kappa shape index (κ3) is 4.50. The van der Waals surface area contributed by atoms with E-state index in [9.17, 15) is 18.0 Å². The van der Waals surface area contributed by atoms with Crippen molar-refractivity contribution in [2.75, 3.05) is 28.6 Å². The average Bonchev–Trinajstić information content (AvgIpc) is 3.16. The molecular formula is C22H26N2O4S. The van der Waals surface area contributed by atoms with Gasteiger partial charge in [0.15, 0.2) is 9.84 Å². The Morgan fingerprint density at radius 3 is 2.45 bits per heavy atom. The zero-order chi connectivity index (χ0) is 21.0. The third-order valence-corrected chi connectivity index (χ3v) is 6.89. The SMILES string of the molecule is CCC(=O)N1CCc2cc(S(=O)(=O)CCC(=O)N(CC)c3ccccc3)ccc21. The Kier molecular flexibility index (Phi) is 6.37. The molecular weight excluding hydrogens is 388 g/mol. The summed E-state index contributed by atoms with van der Waals surface area (Å²) in [6, 6.07) is 14.1. The van der Waals surface area contributed by atoms with Crippen molar-refractivity contribution in [3.8, 4) is 0 Å². The number of rotatable bonds is 7. The van der Waals surface area contributed by atoms with Crippen molar-refractivity contribution in [1.82, 2.24) is 0 Å². The van der Waals surface area contributed by atoms with Crippen LogP contribution in [0.5, 0.6) is 0 Å². The van der Waals surface area contributed by atoms with Crippen LogP contribution in [0.1, 0.15) is 32.3 Å². The Hall–Kier alpha value is -2.67. The molecule has 0 spiro atoms. The fourth-order valence-corrected chi connectivity index (χ4v) is 4.88. The first kappa shape index (κ1) is 21.0. The zero-order valence-electron chi connectivity index (χ0n) is 16.8. The fourth-order valence-electron chi connectivity index (χ4n) is 3.61. The van der Waals surface area contributed by atoms with E-state index >= 15 is 0 Å². The number of para-hydroxylation sites is 1. The smallest absolute Gasteiger partial charge is 0.228 e. The zero-order valence-corrected chi connectivity index (χ0v) is 17.6. The average molecular weight is 415 g/mol. The molecule has 1 aliphatic rings. The van der Waals surface area contributed by atoms with Gasteiger partial charge in [-0.3, -0.25) is 9.59 Å². The molecule has 2 aromatic rings. The van der Waals surface area contributed by atoms with Crippen LogP contribution in [-0.2, 0) is 25.8 Å². The number of carbonyl (C=O) groups is 2. The van der Waals surface area contributed by atoms with Gasteiger partial charge < -0.3 is 9.80 Å². The van der Waals surface area contributed by atoms with Gasteiger partial charge in [-0.2, -0.15) is 0 Å². The lowest BCUT2D eigenvalue weighted by atomic mass is 10.2. The van der Waals surface area contributed by atoms with Crippen molar-refractivity contribution >= 4 is 33.0 Å². The maximum atomic E-state index is 12.8. The summed E-state index contributed by atoms with van der Waals surface area (Å²) in [5.41, 5.74) is 2.40. The number of hydrogen-bond donors (Lipinski definition) is 0. The molecule has 3 rings (SSSR count). The van der Waals surface area contributed by atoms with E-state index in [-0.39, 0.29) is 28.9 Å². The summed E-state index contributed by atoms with van der Waals surface area (Å²) in [4.78, 5) is 28.1. The molecule has 0 atom stereocenters. The summed E-state index contributed by atoms with van der Waals surface area (Å²) in [5.74, 6) is -0.431. The first-order valence-electron chi connectivity index (χ1n) is 9.88. The molecule has 0 unspecified atom stereocenters. The molecule has 6 nitrogen and oxygen atoms in total. The molecule has 7 heteroatoms. The number of benzene rings is 2. The maximum Gasteiger partial charge on any atom is 0.228 e. The van der Waals surface area contributed by atoms with Crippen LogP contribution in [-0.4, -0.2) is 39.1 Å². The van der Waals surface area contributed by atoms with Gasteiger partial charge in [0.2, 0.25) is 11.8 Å².